The maximum Gasteiger partial charge on any atom is 0.407 e. The summed E-state index contributed by atoms with van der Waals surface area (Å²) in [4.78, 5) is 23.8. The van der Waals surface area contributed by atoms with E-state index < -0.39 is 35.3 Å². The number of amides is 1. The van der Waals surface area contributed by atoms with E-state index in [-0.39, 0.29) is 31.9 Å². The fourth-order valence-electron chi connectivity index (χ4n) is 3.76. The average Bonchev–Trinajstić information content (AvgIpc) is 3.07. The number of alkyl carbamates (subject to hydrolysis) is 1. The van der Waals surface area contributed by atoms with Crippen molar-refractivity contribution in [3.8, 4) is 11.1 Å². The van der Waals surface area contributed by atoms with Gasteiger partial charge in [-0.05, 0) is 35.1 Å². The number of benzene rings is 2. The third-order valence-corrected chi connectivity index (χ3v) is 6.00. The lowest BCUT2D eigenvalue weighted by molar-refractivity contribution is -0.139. The number of aliphatic carboxylic acids is 1. The molecule has 2 atom stereocenters. The molecule has 0 spiro atoms. The maximum atomic E-state index is 12.3. The van der Waals surface area contributed by atoms with Crippen molar-refractivity contribution in [2.75, 3.05) is 13.2 Å². The number of carbonyl (C=O) groups excluding carboxylic acids is 1. The Labute approximate surface area is 187 Å². The molecular weight excluding hydrogens is 436 g/mol. The van der Waals surface area contributed by atoms with Crippen molar-refractivity contribution >= 4 is 29.3 Å². The molecule has 0 aromatic heterocycles. The molecule has 3 rings (SSSR count). The number of carbonyl (C=O) groups is 2. The van der Waals surface area contributed by atoms with Crippen LogP contribution in [0.1, 0.15) is 29.9 Å². The molecule has 170 valence electrons. The summed E-state index contributed by atoms with van der Waals surface area (Å²) in [6, 6.07) is 14.5. The van der Waals surface area contributed by atoms with Crippen molar-refractivity contribution in [3.63, 3.8) is 0 Å². The van der Waals surface area contributed by atoms with Crippen LogP contribution in [0.15, 0.2) is 48.5 Å². The van der Waals surface area contributed by atoms with E-state index in [4.69, 9.17) is 20.4 Å². The Balaban J connectivity index is 1.58. The Kier molecular flexibility index (Phi) is 7.44. The molecule has 0 saturated heterocycles. The van der Waals surface area contributed by atoms with Crippen LogP contribution in [0.25, 0.3) is 11.1 Å². The molecule has 1 amide bonds. The molecule has 0 bridgehead atoms. The summed E-state index contributed by atoms with van der Waals surface area (Å²) < 4.78 is 26.3. The molecular formula is C21H24N4O6S. The Morgan fingerprint density at radius 1 is 1.16 bits per heavy atom. The standard InChI is InChI=1S/C21H24N4O6S/c22-20(23)25(32(29)30)11-5-10-18(19(26)27)24-21(28)31-12-17-15-8-3-1-6-13(15)14-7-2-4-9-16(14)17/h1-4,6-9,17-18H,5,10-12H2,(H3,22,23)(H,24,28)(H,26,27)(H,29,30)/t18-/m0/s1. The summed E-state index contributed by atoms with van der Waals surface area (Å²) in [7, 11) is 0. The first kappa shape index (κ1) is 23.2. The highest BCUT2D eigenvalue weighted by Gasteiger charge is 2.29. The van der Waals surface area contributed by atoms with Gasteiger partial charge < -0.3 is 20.9 Å². The maximum absolute atomic E-state index is 12.3. The van der Waals surface area contributed by atoms with Gasteiger partial charge in [-0.3, -0.25) is 9.96 Å². The lowest BCUT2D eigenvalue weighted by Gasteiger charge is -2.20. The Hall–Kier alpha value is -3.44. The van der Waals surface area contributed by atoms with Gasteiger partial charge in [0.15, 0.2) is 0 Å². The van der Waals surface area contributed by atoms with E-state index in [0.29, 0.717) is 4.31 Å². The number of carboxylic acid groups (broad SMARTS) is 1. The highest BCUT2D eigenvalue weighted by atomic mass is 32.2. The van der Waals surface area contributed by atoms with Crippen LogP contribution in [-0.2, 0) is 20.8 Å². The topological polar surface area (TPSA) is 166 Å². The number of nitrogens with zero attached hydrogens (tertiary/aromatic N) is 1. The second-order valence-corrected chi connectivity index (χ2v) is 8.12. The zero-order chi connectivity index (χ0) is 23.3. The molecule has 1 aliphatic carbocycles. The third-order valence-electron chi connectivity index (χ3n) is 5.25. The number of nitrogens with one attached hydrogen (secondary N) is 2. The van der Waals surface area contributed by atoms with E-state index in [9.17, 15) is 18.9 Å². The SMILES string of the molecule is N=C(N)N(CCC[C@H](NC(=O)OCC1c2ccccc2-c2ccccc21)C(=O)O)S(=O)O. The predicted octanol–water partition coefficient (Wildman–Crippen LogP) is 2.09. The smallest absolute Gasteiger partial charge is 0.407 e. The molecule has 2 aromatic carbocycles. The zero-order valence-corrected chi connectivity index (χ0v) is 17.9. The lowest BCUT2D eigenvalue weighted by Crippen LogP contribution is -2.43. The van der Waals surface area contributed by atoms with Gasteiger partial charge in [0.1, 0.15) is 12.6 Å². The first-order valence-corrected chi connectivity index (χ1v) is 10.9. The summed E-state index contributed by atoms with van der Waals surface area (Å²) in [5.41, 5.74) is 9.45. The van der Waals surface area contributed by atoms with E-state index in [1.165, 1.54) is 0 Å². The van der Waals surface area contributed by atoms with Gasteiger partial charge in [-0.1, -0.05) is 48.5 Å². The van der Waals surface area contributed by atoms with Gasteiger partial charge in [0.05, 0.1) is 0 Å². The summed E-state index contributed by atoms with van der Waals surface area (Å²) in [6.45, 7) is -0.0671. The molecule has 1 aliphatic rings. The minimum absolute atomic E-state index is 0.0412. The van der Waals surface area contributed by atoms with Gasteiger partial charge in [0.2, 0.25) is 5.96 Å². The van der Waals surface area contributed by atoms with Crippen molar-refractivity contribution in [1.29, 1.82) is 5.41 Å². The molecule has 2 aromatic rings. The molecule has 0 heterocycles. The number of guanidine groups is 1. The van der Waals surface area contributed by atoms with Crippen molar-refractivity contribution in [2.45, 2.75) is 24.8 Å². The van der Waals surface area contributed by atoms with Crippen LogP contribution in [-0.4, -0.2) is 55.4 Å². The van der Waals surface area contributed by atoms with Gasteiger partial charge in [-0.25, -0.2) is 18.1 Å². The van der Waals surface area contributed by atoms with Crippen molar-refractivity contribution in [3.05, 3.63) is 59.7 Å². The Morgan fingerprint density at radius 2 is 1.72 bits per heavy atom. The van der Waals surface area contributed by atoms with Crippen LogP contribution >= 0.6 is 0 Å². The van der Waals surface area contributed by atoms with Crippen LogP contribution in [0.2, 0.25) is 0 Å². The minimum atomic E-state index is -2.49. The number of rotatable bonds is 9. The first-order valence-electron chi connectivity index (χ1n) is 9.86. The molecule has 0 radical (unpaired) electrons. The van der Waals surface area contributed by atoms with Crippen LogP contribution < -0.4 is 11.1 Å². The fourth-order valence-corrected chi connectivity index (χ4v) is 4.21. The number of hydrogen-bond donors (Lipinski definition) is 5. The van der Waals surface area contributed by atoms with Crippen LogP contribution in [0.3, 0.4) is 0 Å². The van der Waals surface area contributed by atoms with Gasteiger partial charge in [-0.15, -0.1) is 0 Å². The van der Waals surface area contributed by atoms with Gasteiger partial charge in [0, 0.05) is 12.5 Å². The van der Waals surface area contributed by atoms with E-state index >= 15 is 0 Å². The van der Waals surface area contributed by atoms with Crippen molar-refractivity contribution in [2.24, 2.45) is 5.73 Å². The summed E-state index contributed by atoms with van der Waals surface area (Å²) in [6.07, 6.45) is -0.805. The Morgan fingerprint density at radius 3 is 2.22 bits per heavy atom. The van der Waals surface area contributed by atoms with Crippen molar-refractivity contribution < 1.29 is 28.2 Å². The van der Waals surface area contributed by atoms with Gasteiger partial charge >= 0.3 is 12.1 Å². The first-order chi connectivity index (χ1) is 15.3. The predicted molar refractivity (Wildman–Crippen MR) is 118 cm³/mol. The number of nitrogens with two attached hydrogens (primary N) is 1. The summed E-state index contributed by atoms with van der Waals surface area (Å²) >= 11 is -2.49. The normalized spacial score (nSPS) is 14.0. The van der Waals surface area contributed by atoms with E-state index in [1.54, 1.807) is 0 Å². The highest BCUT2D eigenvalue weighted by Crippen LogP contribution is 2.44. The fraction of sp³-hybridized carbons (Fsp3) is 0.286. The number of fused-ring (bicyclic) bond motifs is 3. The number of ether oxygens (including phenoxy) is 1. The Bertz CT molecular complexity index is 987. The molecule has 32 heavy (non-hydrogen) atoms. The largest absolute Gasteiger partial charge is 0.480 e. The van der Waals surface area contributed by atoms with E-state index in [0.717, 1.165) is 22.3 Å². The highest BCUT2D eigenvalue weighted by molar-refractivity contribution is 7.77. The third kappa shape index (κ3) is 5.24. The molecule has 0 saturated carbocycles. The summed E-state index contributed by atoms with van der Waals surface area (Å²) in [5, 5.41) is 19.0. The minimum Gasteiger partial charge on any atom is -0.480 e. The van der Waals surface area contributed by atoms with Gasteiger partial charge in [-0.2, -0.15) is 0 Å². The van der Waals surface area contributed by atoms with Gasteiger partial charge in [0.25, 0.3) is 11.3 Å². The molecule has 11 heteroatoms. The van der Waals surface area contributed by atoms with Crippen LogP contribution in [0.4, 0.5) is 4.79 Å². The molecule has 10 nitrogen and oxygen atoms in total. The molecule has 0 aliphatic heterocycles. The molecule has 0 fully saturated rings. The van der Waals surface area contributed by atoms with E-state index in [1.807, 2.05) is 48.5 Å². The monoisotopic (exact) mass is 460 g/mol. The van der Waals surface area contributed by atoms with Crippen molar-refractivity contribution in [1.82, 2.24) is 9.62 Å². The average molecular weight is 461 g/mol. The van der Waals surface area contributed by atoms with Crippen LogP contribution in [0, 0.1) is 5.41 Å². The second kappa shape index (κ2) is 10.2. The lowest BCUT2D eigenvalue weighted by atomic mass is 9.98. The van der Waals surface area contributed by atoms with E-state index in [2.05, 4.69) is 5.32 Å². The number of hydrogen-bond acceptors (Lipinski definition) is 5. The summed E-state index contributed by atoms with van der Waals surface area (Å²) in [5.74, 6) is -2.03. The molecule has 6 N–H and O–H groups in total. The second-order valence-electron chi connectivity index (χ2n) is 7.22. The van der Waals surface area contributed by atoms with Crippen LogP contribution in [0.5, 0.6) is 0 Å². The quantitative estimate of drug-likeness (QED) is 0.217. The number of carboxylic acids is 1. The zero-order valence-electron chi connectivity index (χ0n) is 17.1. The molecule has 1 unspecified atom stereocenters.